The number of hydrogen-bond donors (Lipinski definition) is 0. The second kappa shape index (κ2) is 3.66. The van der Waals surface area contributed by atoms with Crippen molar-refractivity contribution in [2.75, 3.05) is 0 Å². The molecule has 0 N–H and O–H groups in total. The summed E-state index contributed by atoms with van der Waals surface area (Å²) in [7, 11) is 0. The summed E-state index contributed by atoms with van der Waals surface area (Å²) in [6.45, 7) is 0. The van der Waals surface area contributed by atoms with Gasteiger partial charge in [-0.3, -0.25) is 4.98 Å². The van der Waals surface area contributed by atoms with E-state index in [0.717, 1.165) is 15.7 Å². The summed E-state index contributed by atoms with van der Waals surface area (Å²) in [6, 6.07) is 7.87. The van der Waals surface area contributed by atoms with Gasteiger partial charge >= 0.3 is 0 Å². The van der Waals surface area contributed by atoms with Gasteiger partial charge in [0, 0.05) is 24.2 Å². The molecule has 2 nitrogen and oxygen atoms in total. The SMILES string of the molecule is Brc1ccc(-c2ccncc2)cn1. The lowest BCUT2D eigenvalue weighted by molar-refractivity contribution is 1.27. The van der Waals surface area contributed by atoms with E-state index in [4.69, 9.17) is 0 Å². The molecule has 0 aliphatic heterocycles. The first kappa shape index (κ1) is 8.38. The van der Waals surface area contributed by atoms with E-state index in [9.17, 15) is 0 Å². The van der Waals surface area contributed by atoms with Crippen molar-refractivity contribution in [2.45, 2.75) is 0 Å². The molecule has 0 aromatic carbocycles. The van der Waals surface area contributed by atoms with Crippen LogP contribution in [0.4, 0.5) is 0 Å². The Balaban J connectivity index is 2.42. The minimum absolute atomic E-state index is 0.852. The molecule has 0 atom stereocenters. The summed E-state index contributed by atoms with van der Waals surface area (Å²) in [5.41, 5.74) is 2.24. The third-order valence-electron chi connectivity index (χ3n) is 1.74. The highest BCUT2D eigenvalue weighted by Crippen LogP contribution is 2.18. The van der Waals surface area contributed by atoms with Crippen LogP contribution in [0, 0.1) is 0 Å². The van der Waals surface area contributed by atoms with Gasteiger partial charge in [-0.25, -0.2) is 4.98 Å². The topological polar surface area (TPSA) is 25.8 Å². The van der Waals surface area contributed by atoms with Crippen LogP contribution in [0.3, 0.4) is 0 Å². The Morgan fingerprint density at radius 3 is 2.31 bits per heavy atom. The van der Waals surface area contributed by atoms with E-state index in [0.29, 0.717) is 0 Å². The highest BCUT2D eigenvalue weighted by molar-refractivity contribution is 9.10. The van der Waals surface area contributed by atoms with Crippen LogP contribution in [-0.2, 0) is 0 Å². The summed E-state index contributed by atoms with van der Waals surface area (Å²) in [5, 5.41) is 0. The van der Waals surface area contributed by atoms with E-state index in [1.165, 1.54) is 0 Å². The Kier molecular flexibility index (Phi) is 2.36. The number of aromatic nitrogens is 2. The van der Waals surface area contributed by atoms with Crippen LogP contribution >= 0.6 is 15.9 Å². The third kappa shape index (κ3) is 1.92. The van der Waals surface area contributed by atoms with Crippen LogP contribution in [-0.4, -0.2) is 9.97 Å². The third-order valence-corrected chi connectivity index (χ3v) is 2.21. The Morgan fingerprint density at radius 1 is 0.923 bits per heavy atom. The zero-order valence-electron chi connectivity index (χ0n) is 6.81. The van der Waals surface area contributed by atoms with Crippen LogP contribution in [0.15, 0.2) is 47.5 Å². The lowest BCUT2D eigenvalue weighted by atomic mass is 10.1. The molecule has 0 saturated carbocycles. The molecule has 2 rings (SSSR count). The molecule has 0 aliphatic rings. The minimum Gasteiger partial charge on any atom is -0.265 e. The summed E-state index contributed by atoms with van der Waals surface area (Å²) in [6.07, 6.45) is 5.38. The van der Waals surface area contributed by atoms with Crippen molar-refractivity contribution in [2.24, 2.45) is 0 Å². The van der Waals surface area contributed by atoms with E-state index in [2.05, 4.69) is 25.9 Å². The normalized spacial score (nSPS) is 9.92. The average Bonchev–Trinajstić information content (AvgIpc) is 2.20. The fraction of sp³-hybridized carbons (Fsp3) is 0. The largest absolute Gasteiger partial charge is 0.265 e. The van der Waals surface area contributed by atoms with Gasteiger partial charge in [0.25, 0.3) is 0 Å². The second-order valence-electron chi connectivity index (χ2n) is 2.61. The Bertz CT molecular complexity index is 383. The summed E-state index contributed by atoms with van der Waals surface area (Å²) in [5.74, 6) is 0. The molecular weight excluding hydrogens is 228 g/mol. The fourth-order valence-corrected chi connectivity index (χ4v) is 1.33. The van der Waals surface area contributed by atoms with Crippen molar-refractivity contribution in [1.29, 1.82) is 0 Å². The molecule has 0 bridgehead atoms. The first-order chi connectivity index (χ1) is 6.36. The summed E-state index contributed by atoms with van der Waals surface area (Å²) in [4.78, 5) is 8.11. The van der Waals surface area contributed by atoms with Gasteiger partial charge in [0.15, 0.2) is 0 Å². The Labute approximate surface area is 84.8 Å². The van der Waals surface area contributed by atoms with Gasteiger partial charge < -0.3 is 0 Å². The first-order valence-electron chi connectivity index (χ1n) is 3.88. The zero-order chi connectivity index (χ0) is 9.10. The number of nitrogens with zero attached hydrogens (tertiary/aromatic N) is 2. The predicted molar refractivity (Wildman–Crippen MR) is 55.2 cm³/mol. The number of hydrogen-bond acceptors (Lipinski definition) is 2. The number of halogens is 1. The molecule has 0 spiro atoms. The van der Waals surface area contributed by atoms with Crippen LogP contribution < -0.4 is 0 Å². The van der Waals surface area contributed by atoms with Gasteiger partial charge in [-0.15, -0.1) is 0 Å². The van der Waals surface area contributed by atoms with Crippen LogP contribution in [0.25, 0.3) is 11.1 Å². The first-order valence-corrected chi connectivity index (χ1v) is 4.67. The molecule has 0 amide bonds. The highest BCUT2D eigenvalue weighted by atomic mass is 79.9. The van der Waals surface area contributed by atoms with Crippen molar-refractivity contribution in [1.82, 2.24) is 9.97 Å². The molecule has 0 unspecified atom stereocenters. The number of pyridine rings is 2. The maximum atomic E-state index is 4.15. The van der Waals surface area contributed by atoms with Gasteiger partial charge in [-0.1, -0.05) is 6.07 Å². The van der Waals surface area contributed by atoms with Gasteiger partial charge in [0.1, 0.15) is 4.60 Å². The zero-order valence-corrected chi connectivity index (χ0v) is 8.40. The molecule has 0 saturated heterocycles. The van der Waals surface area contributed by atoms with E-state index in [-0.39, 0.29) is 0 Å². The molecule has 2 aromatic rings. The van der Waals surface area contributed by atoms with Gasteiger partial charge in [-0.05, 0) is 39.7 Å². The van der Waals surface area contributed by atoms with Crippen LogP contribution in [0.2, 0.25) is 0 Å². The second-order valence-corrected chi connectivity index (χ2v) is 3.42. The van der Waals surface area contributed by atoms with E-state index in [1.807, 2.05) is 30.5 Å². The van der Waals surface area contributed by atoms with E-state index < -0.39 is 0 Å². The maximum Gasteiger partial charge on any atom is 0.106 e. The standard InChI is InChI=1S/C10H7BrN2/c11-10-2-1-9(7-13-10)8-3-5-12-6-4-8/h1-7H. The quantitative estimate of drug-likeness (QED) is 0.710. The number of rotatable bonds is 1. The highest BCUT2D eigenvalue weighted by Gasteiger charge is 1.95. The van der Waals surface area contributed by atoms with Gasteiger partial charge in [-0.2, -0.15) is 0 Å². The molecule has 3 heteroatoms. The van der Waals surface area contributed by atoms with Crippen LogP contribution in [0.1, 0.15) is 0 Å². The predicted octanol–water partition coefficient (Wildman–Crippen LogP) is 2.91. The molecule has 0 radical (unpaired) electrons. The van der Waals surface area contributed by atoms with Gasteiger partial charge in [0.2, 0.25) is 0 Å². The van der Waals surface area contributed by atoms with Gasteiger partial charge in [0.05, 0.1) is 0 Å². The van der Waals surface area contributed by atoms with Crippen molar-refractivity contribution < 1.29 is 0 Å². The summed E-state index contributed by atoms with van der Waals surface area (Å²) < 4.78 is 0.852. The maximum absolute atomic E-state index is 4.15. The lowest BCUT2D eigenvalue weighted by Crippen LogP contribution is -1.80. The van der Waals surface area contributed by atoms with Crippen molar-refractivity contribution in [3.8, 4) is 11.1 Å². The molecule has 2 heterocycles. The molecule has 64 valence electrons. The molecule has 0 fully saturated rings. The fourth-order valence-electron chi connectivity index (χ4n) is 1.09. The minimum atomic E-state index is 0.852. The molecule has 0 aliphatic carbocycles. The van der Waals surface area contributed by atoms with E-state index in [1.54, 1.807) is 12.4 Å². The Hall–Kier alpha value is -1.22. The molecule has 13 heavy (non-hydrogen) atoms. The molecule has 2 aromatic heterocycles. The average molecular weight is 235 g/mol. The molecular formula is C10H7BrN2. The smallest absolute Gasteiger partial charge is 0.106 e. The van der Waals surface area contributed by atoms with Crippen molar-refractivity contribution in [3.05, 3.63) is 47.5 Å². The lowest BCUT2D eigenvalue weighted by Gasteiger charge is -1.99. The van der Waals surface area contributed by atoms with E-state index >= 15 is 0 Å². The van der Waals surface area contributed by atoms with Crippen molar-refractivity contribution >= 4 is 15.9 Å². The van der Waals surface area contributed by atoms with Crippen LogP contribution in [0.5, 0.6) is 0 Å². The Morgan fingerprint density at radius 2 is 1.69 bits per heavy atom. The summed E-state index contributed by atoms with van der Waals surface area (Å²) >= 11 is 3.29. The van der Waals surface area contributed by atoms with Crippen molar-refractivity contribution in [3.63, 3.8) is 0 Å². The monoisotopic (exact) mass is 234 g/mol.